The van der Waals surface area contributed by atoms with E-state index < -0.39 is 22.2 Å². The molecule has 4 unspecified atom stereocenters. The molecule has 0 aliphatic carbocycles. The Hall–Kier alpha value is -2.84. The van der Waals surface area contributed by atoms with Gasteiger partial charge in [0.15, 0.2) is 22.2 Å². The van der Waals surface area contributed by atoms with Crippen LogP contribution in [0.5, 0.6) is 0 Å². The first-order valence-corrected chi connectivity index (χ1v) is 10.2. The zero-order chi connectivity index (χ0) is 24.2. The van der Waals surface area contributed by atoms with Crippen molar-refractivity contribution >= 4 is 0 Å². The maximum absolute atomic E-state index is 9.08. The van der Waals surface area contributed by atoms with Crippen LogP contribution >= 0.6 is 0 Å². The summed E-state index contributed by atoms with van der Waals surface area (Å²) in [6, 6.07) is 8.45. The second-order valence-electron chi connectivity index (χ2n) is 8.71. The van der Waals surface area contributed by atoms with Crippen LogP contribution < -0.4 is 0 Å². The number of hydrogen-bond donors (Lipinski definition) is 0. The Balaban J connectivity index is 0. The van der Waals surface area contributed by atoms with Crippen LogP contribution in [0.3, 0.4) is 0 Å². The second-order valence-corrected chi connectivity index (χ2v) is 8.71. The van der Waals surface area contributed by atoms with Gasteiger partial charge in [-0.05, 0) is 52.4 Å². The third kappa shape index (κ3) is 8.67. The first kappa shape index (κ1) is 29.4. The van der Waals surface area contributed by atoms with E-state index in [1.54, 1.807) is 27.7 Å². The quantitative estimate of drug-likeness (QED) is 0.441. The van der Waals surface area contributed by atoms with E-state index in [0.29, 0.717) is 12.8 Å². The van der Waals surface area contributed by atoms with Gasteiger partial charge in [-0.15, -0.1) is 0 Å². The molecule has 0 saturated carbocycles. The van der Waals surface area contributed by atoms with Crippen molar-refractivity contribution in [2.75, 3.05) is 0 Å². The van der Waals surface area contributed by atoms with Gasteiger partial charge in [-0.3, -0.25) is 0 Å². The fraction of sp³-hybridized carbons (Fsp3) is 0.818. The average molecular weight is 413 g/mol. The van der Waals surface area contributed by atoms with Crippen LogP contribution in [0.15, 0.2) is 20.5 Å². The molecule has 0 spiro atoms. The van der Waals surface area contributed by atoms with Crippen molar-refractivity contribution in [2.24, 2.45) is 32.3 Å². The van der Waals surface area contributed by atoms with E-state index in [0.717, 1.165) is 0 Å². The van der Waals surface area contributed by atoms with E-state index in [1.807, 2.05) is 41.5 Å². The highest BCUT2D eigenvalue weighted by Crippen LogP contribution is 2.26. The molecule has 0 heterocycles. The Morgan fingerprint density at radius 3 is 0.967 bits per heavy atom. The summed E-state index contributed by atoms with van der Waals surface area (Å²) >= 11 is 0. The van der Waals surface area contributed by atoms with Crippen LogP contribution in [-0.4, -0.2) is 22.2 Å². The smallest absolute Gasteiger partial charge is 0.167 e. The van der Waals surface area contributed by atoms with Crippen LogP contribution in [0, 0.1) is 57.2 Å². The molecule has 0 aromatic heterocycles. The highest BCUT2D eigenvalue weighted by Gasteiger charge is 2.32. The summed E-state index contributed by atoms with van der Waals surface area (Å²) < 4.78 is 0. The van der Waals surface area contributed by atoms with Crippen LogP contribution in [0.25, 0.3) is 0 Å². The SMILES string of the molecule is CC(C)C(C)(C#N)N=NC(C)(C#N)C(C)C.CCC(C)(C#N)N=NC(C)(C#N)CC. The molecule has 0 aliphatic heterocycles. The molecule has 0 bridgehead atoms. The molecular weight excluding hydrogens is 376 g/mol. The normalized spacial score (nSPS) is 19.2. The Morgan fingerprint density at radius 1 is 0.567 bits per heavy atom. The van der Waals surface area contributed by atoms with Gasteiger partial charge in [0, 0.05) is 0 Å². The lowest BCUT2D eigenvalue weighted by Crippen LogP contribution is -2.31. The Labute approximate surface area is 182 Å². The van der Waals surface area contributed by atoms with Gasteiger partial charge in [-0.2, -0.15) is 41.5 Å². The van der Waals surface area contributed by atoms with Gasteiger partial charge < -0.3 is 0 Å². The predicted octanol–water partition coefficient (Wildman–Crippen LogP) is 6.14. The molecule has 0 saturated heterocycles. The van der Waals surface area contributed by atoms with Crippen molar-refractivity contribution in [1.82, 2.24) is 0 Å². The van der Waals surface area contributed by atoms with E-state index >= 15 is 0 Å². The molecule has 0 radical (unpaired) electrons. The number of nitrogens with zero attached hydrogens (tertiary/aromatic N) is 8. The molecule has 4 atom stereocenters. The van der Waals surface area contributed by atoms with Gasteiger partial charge in [0.2, 0.25) is 0 Å². The first-order valence-electron chi connectivity index (χ1n) is 10.2. The number of hydrogen-bond acceptors (Lipinski definition) is 8. The molecular formula is C22H36N8. The van der Waals surface area contributed by atoms with Gasteiger partial charge in [-0.1, -0.05) is 41.5 Å². The van der Waals surface area contributed by atoms with Crippen LogP contribution in [0.1, 0.15) is 82.1 Å². The summed E-state index contributed by atoms with van der Waals surface area (Å²) in [7, 11) is 0. The molecule has 0 fully saturated rings. The van der Waals surface area contributed by atoms with Crippen molar-refractivity contribution in [2.45, 2.75) is 104 Å². The summed E-state index contributed by atoms with van der Waals surface area (Å²) in [5.74, 6) is 0.132. The zero-order valence-corrected chi connectivity index (χ0v) is 20.1. The minimum Gasteiger partial charge on any atom is -0.196 e. The summed E-state index contributed by atoms with van der Waals surface area (Å²) in [4.78, 5) is 0. The van der Waals surface area contributed by atoms with E-state index in [4.69, 9.17) is 21.0 Å². The monoisotopic (exact) mass is 412 g/mol. The van der Waals surface area contributed by atoms with Crippen LogP contribution in [0.4, 0.5) is 0 Å². The molecule has 30 heavy (non-hydrogen) atoms. The lowest BCUT2D eigenvalue weighted by Gasteiger charge is -2.24. The zero-order valence-electron chi connectivity index (χ0n) is 20.1. The molecule has 0 aliphatic rings. The summed E-state index contributed by atoms with van der Waals surface area (Å²) in [6.45, 7) is 18.3. The predicted molar refractivity (Wildman–Crippen MR) is 116 cm³/mol. The minimum atomic E-state index is -0.854. The van der Waals surface area contributed by atoms with E-state index in [1.165, 1.54) is 0 Å². The third-order valence-electron chi connectivity index (χ3n) is 5.52. The Bertz CT molecular complexity index is 709. The van der Waals surface area contributed by atoms with Gasteiger partial charge >= 0.3 is 0 Å². The molecule has 0 amide bonds. The summed E-state index contributed by atoms with van der Waals surface area (Å²) in [5, 5.41) is 51.9. The third-order valence-corrected chi connectivity index (χ3v) is 5.52. The molecule has 0 N–H and O–H groups in total. The molecule has 8 nitrogen and oxygen atoms in total. The maximum atomic E-state index is 9.08. The topological polar surface area (TPSA) is 145 Å². The van der Waals surface area contributed by atoms with Crippen LogP contribution in [0.2, 0.25) is 0 Å². The van der Waals surface area contributed by atoms with Crippen molar-refractivity contribution in [3.05, 3.63) is 0 Å². The van der Waals surface area contributed by atoms with Crippen molar-refractivity contribution in [3.8, 4) is 24.3 Å². The van der Waals surface area contributed by atoms with E-state index in [2.05, 4.69) is 44.7 Å². The van der Waals surface area contributed by atoms with Gasteiger partial charge in [-0.25, -0.2) is 0 Å². The number of nitriles is 4. The number of azo groups is 2. The average Bonchev–Trinajstić information content (AvgIpc) is 2.75. The lowest BCUT2D eigenvalue weighted by atomic mass is 9.90. The highest BCUT2D eigenvalue weighted by molar-refractivity contribution is 5.09. The summed E-state index contributed by atoms with van der Waals surface area (Å²) in [6.07, 6.45) is 1.19. The number of rotatable bonds is 8. The standard InChI is InChI=1S/C12H20N4.C10H16N4/c1-9(2)11(5,7-13)15-16-12(6,8-14)10(3)4;1-5-9(3,7-11)13-14-10(4,6-2)8-12/h9-10H,1-6H3;5-6H2,1-4H3. The molecule has 164 valence electrons. The van der Waals surface area contributed by atoms with Gasteiger partial charge in [0.25, 0.3) is 0 Å². The van der Waals surface area contributed by atoms with Crippen LogP contribution in [-0.2, 0) is 0 Å². The molecule has 8 heteroatoms. The Kier molecular flexibility index (Phi) is 11.7. The van der Waals surface area contributed by atoms with Crippen molar-refractivity contribution in [1.29, 1.82) is 21.0 Å². The van der Waals surface area contributed by atoms with Crippen molar-refractivity contribution < 1.29 is 0 Å². The first-order chi connectivity index (χ1) is 13.7. The fourth-order valence-corrected chi connectivity index (χ4v) is 1.31. The minimum absolute atomic E-state index is 0.0661. The largest absolute Gasteiger partial charge is 0.196 e. The molecule has 0 aromatic rings. The fourth-order valence-electron chi connectivity index (χ4n) is 1.31. The van der Waals surface area contributed by atoms with Gasteiger partial charge in [0.1, 0.15) is 0 Å². The van der Waals surface area contributed by atoms with Crippen molar-refractivity contribution in [3.63, 3.8) is 0 Å². The van der Waals surface area contributed by atoms with E-state index in [-0.39, 0.29) is 11.8 Å². The van der Waals surface area contributed by atoms with E-state index in [9.17, 15) is 0 Å². The Morgan fingerprint density at radius 2 is 0.833 bits per heavy atom. The summed E-state index contributed by atoms with van der Waals surface area (Å²) in [5.41, 5.74) is -3.30. The second kappa shape index (κ2) is 12.0. The molecule has 0 rings (SSSR count). The lowest BCUT2D eigenvalue weighted by molar-refractivity contribution is 0.357. The maximum Gasteiger partial charge on any atom is 0.167 e. The van der Waals surface area contributed by atoms with Gasteiger partial charge in [0.05, 0.1) is 24.3 Å². The highest BCUT2D eigenvalue weighted by atomic mass is 15.2. The molecule has 0 aromatic carbocycles.